The Morgan fingerprint density at radius 1 is 0.926 bits per heavy atom. The quantitative estimate of drug-likeness (QED) is 0.850. The van der Waals surface area contributed by atoms with Gasteiger partial charge in [0.1, 0.15) is 5.70 Å². The smallest absolute Gasteiger partial charge is 0.282 e. The number of anilines is 1. The van der Waals surface area contributed by atoms with Crippen LogP contribution in [0.1, 0.15) is 18.4 Å². The topological polar surface area (TPSA) is 60.9 Å². The number of hydrogen-bond donors (Lipinski definition) is 1. The fraction of sp³-hybridized carbons (Fsp3) is 0.273. The van der Waals surface area contributed by atoms with E-state index in [2.05, 4.69) is 0 Å². The van der Waals surface area contributed by atoms with Gasteiger partial charge in [0.25, 0.3) is 11.8 Å². The van der Waals surface area contributed by atoms with E-state index in [1.54, 1.807) is 12.1 Å². The van der Waals surface area contributed by atoms with Crippen LogP contribution in [-0.4, -0.2) is 41.5 Å². The fourth-order valence-corrected chi connectivity index (χ4v) is 3.91. The van der Waals surface area contributed by atoms with Crippen LogP contribution in [0.4, 0.5) is 5.69 Å². The van der Waals surface area contributed by atoms with Gasteiger partial charge in [0.05, 0.1) is 11.3 Å². The molecule has 4 rings (SSSR count). The Morgan fingerprint density at radius 2 is 1.59 bits per heavy atom. The van der Waals surface area contributed by atoms with E-state index in [1.807, 2.05) is 53.4 Å². The SMILES string of the molecule is O=C1C(c2ccccc2)=C(N2CCCC(CO)C2)C(=O)N1c1ccccc1. The van der Waals surface area contributed by atoms with Gasteiger partial charge in [-0.15, -0.1) is 0 Å². The first kappa shape index (κ1) is 17.5. The van der Waals surface area contributed by atoms with Crippen molar-refractivity contribution in [1.29, 1.82) is 0 Å². The zero-order valence-corrected chi connectivity index (χ0v) is 15.0. The molecule has 1 fully saturated rings. The number of carbonyl (C=O) groups is 2. The number of hydrogen-bond acceptors (Lipinski definition) is 4. The van der Waals surface area contributed by atoms with Gasteiger partial charge >= 0.3 is 0 Å². The average molecular weight is 362 g/mol. The lowest BCUT2D eigenvalue weighted by Crippen LogP contribution is -2.40. The summed E-state index contributed by atoms with van der Waals surface area (Å²) in [5.41, 5.74) is 2.22. The summed E-state index contributed by atoms with van der Waals surface area (Å²) in [6.45, 7) is 1.39. The third-order valence-corrected chi connectivity index (χ3v) is 5.23. The first-order valence-electron chi connectivity index (χ1n) is 9.30. The van der Waals surface area contributed by atoms with E-state index < -0.39 is 0 Å². The molecule has 1 unspecified atom stereocenters. The predicted octanol–water partition coefficient (Wildman–Crippen LogP) is 2.68. The number of nitrogens with zero attached hydrogens (tertiary/aromatic N) is 2. The molecular formula is C22H22N2O3. The Bertz CT molecular complexity index is 877. The maximum absolute atomic E-state index is 13.3. The normalized spacial score (nSPS) is 20.6. The molecule has 5 heteroatoms. The second-order valence-corrected chi connectivity index (χ2v) is 7.01. The minimum Gasteiger partial charge on any atom is -0.396 e. The van der Waals surface area contributed by atoms with Crippen molar-refractivity contribution >= 4 is 23.1 Å². The lowest BCUT2D eigenvalue weighted by atomic mass is 9.97. The Balaban J connectivity index is 1.80. The molecule has 27 heavy (non-hydrogen) atoms. The van der Waals surface area contributed by atoms with E-state index in [0.717, 1.165) is 18.4 Å². The van der Waals surface area contributed by atoms with Crippen molar-refractivity contribution in [2.45, 2.75) is 12.8 Å². The van der Waals surface area contributed by atoms with Gasteiger partial charge in [-0.2, -0.15) is 0 Å². The molecule has 1 atom stereocenters. The summed E-state index contributed by atoms with van der Waals surface area (Å²) in [6.07, 6.45) is 1.83. The maximum Gasteiger partial charge on any atom is 0.282 e. The Kier molecular flexibility index (Phi) is 4.77. The second-order valence-electron chi connectivity index (χ2n) is 7.01. The van der Waals surface area contributed by atoms with E-state index in [0.29, 0.717) is 30.0 Å². The summed E-state index contributed by atoms with van der Waals surface area (Å²) in [5.74, 6) is -0.459. The lowest BCUT2D eigenvalue weighted by Gasteiger charge is -2.34. The molecule has 5 nitrogen and oxygen atoms in total. The zero-order valence-electron chi connectivity index (χ0n) is 15.0. The summed E-state index contributed by atoms with van der Waals surface area (Å²) in [7, 11) is 0. The first-order valence-corrected chi connectivity index (χ1v) is 9.30. The lowest BCUT2D eigenvalue weighted by molar-refractivity contribution is -0.120. The average Bonchev–Trinajstić information content (AvgIpc) is 2.99. The molecule has 0 aromatic heterocycles. The molecule has 2 amide bonds. The van der Waals surface area contributed by atoms with Crippen molar-refractivity contribution in [2.24, 2.45) is 5.92 Å². The fourth-order valence-electron chi connectivity index (χ4n) is 3.91. The highest BCUT2D eigenvalue weighted by Crippen LogP contribution is 2.36. The molecule has 2 aliphatic heterocycles. The molecule has 0 spiro atoms. The van der Waals surface area contributed by atoms with Gasteiger partial charge in [-0.1, -0.05) is 48.5 Å². The molecule has 2 aromatic rings. The summed E-state index contributed by atoms with van der Waals surface area (Å²) in [4.78, 5) is 29.9. The molecule has 138 valence electrons. The number of piperidine rings is 1. The van der Waals surface area contributed by atoms with Crippen LogP contribution in [-0.2, 0) is 9.59 Å². The highest BCUT2D eigenvalue weighted by molar-refractivity contribution is 6.45. The number of aliphatic hydroxyl groups excluding tert-OH is 1. The molecule has 2 aliphatic rings. The molecule has 2 aromatic carbocycles. The molecule has 0 saturated carbocycles. The van der Waals surface area contributed by atoms with Gasteiger partial charge in [0, 0.05) is 19.7 Å². The number of rotatable bonds is 4. The van der Waals surface area contributed by atoms with Gasteiger partial charge in [0.15, 0.2) is 0 Å². The van der Waals surface area contributed by atoms with E-state index >= 15 is 0 Å². The first-order chi connectivity index (χ1) is 13.2. The number of amides is 2. The monoisotopic (exact) mass is 362 g/mol. The van der Waals surface area contributed by atoms with E-state index in [4.69, 9.17) is 0 Å². The summed E-state index contributed by atoms with van der Waals surface area (Å²) in [6, 6.07) is 18.4. The van der Waals surface area contributed by atoms with Crippen LogP contribution in [0.15, 0.2) is 66.4 Å². The van der Waals surface area contributed by atoms with E-state index in [-0.39, 0.29) is 24.3 Å². The highest BCUT2D eigenvalue weighted by atomic mass is 16.3. The highest BCUT2D eigenvalue weighted by Gasteiger charge is 2.43. The molecule has 2 heterocycles. The number of aliphatic hydroxyl groups is 1. The Morgan fingerprint density at radius 3 is 2.26 bits per heavy atom. The zero-order chi connectivity index (χ0) is 18.8. The van der Waals surface area contributed by atoms with Crippen molar-refractivity contribution in [3.05, 3.63) is 71.9 Å². The van der Waals surface area contributed by atoms with E-state index in [9.17, 15) is 14.7 Å². The number of benzene rings is 2. The van der Waals surface area contributed by atoms with Crippen molar-refractivity contribution in [3.63, 3.8) is 0 Å². The van der Waals surface area contributed by atoms with Crippen molar-refractivity contribution < 1.29 is 14.7 Å². The van der Waals surface area contributed by atoms with Crippen LogP contribution in [0, 0.1) is 5.92 Å². The third-order valence-electron chi connectivity index (χ3n) is 5.23. The van der Waals surface area contributed by atoms with Crippen molar-refractivity contribution in [3.8, 4) is 0 Å². The largest absolute Gasteiger partial charge is 0.396 e. The molecular weight excluding hydrogens is 340 g/mol. The van der Waals surface area contributed by atoms with Crippen LogP contribution in [0.2, 0.25) is 0 Å². The molecule has 0 radical (unpaired) electrons. The summed E-state index contributed by atoms with van der Waals surface area (Å²) < 4.78 is 0. The summed E-state index contributed by atoms with van der Waals surface area (Å²) in [5, 5.41) is 9.58. The van der Waals surface area contributed by atoms with Crippen LogP contribution in [0.5, 0.6) is 0 Å². The predicted molar refractivity (Wildman–Crippen MR) is 104 cm³/mol. The number of imide groups is 1. The molecule has 0 bridgehead atoms. The molecule has 0 aliphatic carbocycles. The van der Waals surface area contributed by atoms with Crippen LogP contribution in [0.3, 0.4) is 0 Å². The second kappa shape index (κ2) is 7.37. The van der Waals surface area contributed by atoms with Gasteiger partial charge < -0.3 is 10.0 Å². The van der Waals surface area contributed by atoms with Crippen LogP contribution < -0.4 is 4.90 Å². The van der Waals surface area contributed by atoms with Gasteiger partial charge in [-0.25, -0.2) is 4.90 Å². The number of carbonyl (C=O) groups excluding carboxylic acids is 2. The Labute approximate surface area is 158 Å². The van der Waals surface area contributed by atoms with Gasteiger partial charge in [-0.3, -0.25) is 9.59 Å². The number of likely N-dealkylation sites (tertiary alicyclic amines) is 1. The van der Waals surface area contributed by atoms with Crippen molar-refractivity contribution in [2.75, 3.05) is 24.6 Å². The Hall–Kier alpha value is -2.92. The van der Waals surface area contributed by atoms with Crippen LogP contribution >= 0.6 is 0 Å². The van der Waals surface area contributed by atoms with Gasteiger partial charge in [-0.05, 0) is 36.5 Å². The van der Waals surface area contributed by atoms with Crippen LogP contribution in [0.25, 0.3) is 5.57 Å². The summed E-state index contributed by atoms with van der Waals surface area (Å²) >= 11 is 0. The standard InChI is InChI=1S/C22H22N2O3/c25-15-16-8-7-13-23(14-16)20-19(17-9-3-1-4-10-17)21(26)24(22(20)27)18-11-5-2-6-12-18/h1-6,9-12,16,25H,7-8,13-15H2. The minimum absolute atomic E-state index is 0.0922. The molecule has 1 N–H and O–H groups in total. The third kappa shape index (κ3) is 3.15. The minimum atomic E-state index is -0.293. The van der Waals surface area contributed by atoms with Crippen molar-refractivity contribution in [1.82, 2.24) is 4.90 Å². The molecule has 1 saturated heterocycles. The maximum atomic E-state index is 13.3. The van der Waals surface area contributed by atoms with Gasteiger partial charge in [0.2, 0.25) is 0 Å². The number of para-hydroxylation sites is 1. The van der Waals surface area contributed by atoms with E-state index in [1.165, 1.54) is 4.90 Å².